The number of rotatable bonds is 20. The van der Waals surface area contributed by atoms with Gasteiger partial charge >= 0.3 is 0 Å². The van der Waals surface area contributed by atoms with Crippen LogP contribution in [0, 0.1) is 0 Å². The van der Waals surface area contributed by atoms with Crippen molar-refractivity contribution in [3.8, 4) is 0 Å². The number of aliphatic hydroxyl groups is 1. The zero-order valence-corrected chi connectivity index (χ0v) is 20.8. The molecule has 0 radical (unpaired) electrons. The maximum atomic E-state index is 11.9. The van der Waals surface area contributed by atoms with E-state index in [-0.39, 0.29) is 30.3 Å². The molecular weight excluding hydrogens is 456 g/mol. The fraction of sp³-hybridized carbons (Fsp3) is 0.560. The molecule has 0 aliphatic heterocycles. The number of nitrogens with one attached hydrogen (secondary N) is 1. The Bertz CT molecular complexity index is 706. The van der Waals surface area contributed by atoms with Crippen LogP contribution in [0.2, 0.25) is 0 Å². The minimum absolute atomic E-state index is 0.139. The number of aliphatic hydroxyl groups excluding tert-OH is 1. The number of allylic oxidation sites excluding steroid dienone is 7. The van der Waals surface area contributed by atoms with E-state index in [1.54, 1.807) is 12.2 Å². The first-order chi connectivity index (χ1) is 16.3. The predicted octanol–water partition coefficient (Wildman–Crippen LogP) is 0.0411. The first kappa shape index (κ1) is 31.6. The summed E-state index contributed by atoms with van der Waals surface area (Å²) in [5, 5.41) is 33.4. The first-order valence-corrected chi connectivity index (χ1v) is 12.8. The number of carboxylic acid groups (broad SMARTS) is 2. The molecule has 0 fully saturated rings. The Kier molecular flexibility index (Phi) is 19.7. The third kappa shape index (κ3) is 19.1. The highest BCUT2D eigenvalue weighted by atomic mass is 32.2. The summed E-state index contributed by atoms with van der Waals surface area (Å²) in [7, 11) is 0. The lowest BCUT2D eigenvalue weighted by atomic mass is 10.1. The van der Waals surface area contributed by atoms with Crippen molar-refractivity contribution in [1.29, 1.82) is 0 Å². The number of unbranched alkanes of at least 4 members (excludes halogenated alkanes) is 3. The average molecular weight is 496 g/mol. The van der Waals surface area contributed by atoms with Crippen molar-refractivity contribution in [2.75, 3.05) is 12.3 Å². The predicted molar refractivity (Wildman–Crippen MR) is 131 cm³/mol. The number of carbonyl (C=O) groups is 3. The van der Waals surface area contributed by atoms with Crippen LogP contribution in [-0.4, -0.2) is 52.6 Å². The van der Waals surface area contributed by atoms with E-state index in [0.717, 1.165) is 12.8 Å². The van der Waals surface area contributed by atoms with E-state index >= 15 is 0 Å². The van der Waals surface area contributed by atoms with E-state index in [1.807, 2.05) is 24.3 Å². The number of thioether (sulfide) groups is 1. The second-order valence-corrected chi connectivity index (χ2v) is 9.03. The SMILES string of the molecule is CCCCC/C=C\C\C=C/C=C/C=C/[C@@H](SC[C@H]([NH3+])C(=O)NCC(=O)[O-])[C@@H](O)CCCC(=O)[O-]. The second kappa shape index (κ2) is 21.2. The minimum Gasteiger partial charge on any atom is -0.550 e. The molecule has 5 N–H and O–H groups in total. The molecule has 0 aliphatic rings. The molecule has 1 amide bonds. The maximum Gasteiger partial charge on any atom is 0.279 e. The molecule has 34 heavy (non-hydrogen) atoms. The largest absolute Gasteiger partial charge is 0.550 e. The van der Waals surface area contributed by atoms with Crippen LogP contribution in [0.25, 0.3) is 0 Å². The highest BCUT2D eigenvalue weighted by molar-refractivity contribution is 8.00. The number of carbonyl (C=O) groups excluding carboxylic acids is 3. The highest BCUT2D eigenvalue weighted by Crippen LogP contribution is 2.21. The Morgan fingerprint density at radius 3 is 2.41 bits per heavy atom. The molecule has 0 spiro atoms. The summed E-state index contributed by atoms with van der Waals surface area (Å²) in [6.07, 6.45) is 20.9. The summed E-state index contributed by atoms with van der Waals surface area (Å²) in [5.41, 5.74) is 3.73. The summed E-state index contributed by atoms with van der Waals surface area (Å²) in [6, 6.07) is -0.718. The second-order valence-electron chi connectivity index (χ2n) is 7.82. The van der Waals surface area contributed by atoms with Gasteiger partial charge in [-0.05, 0) is 38.5 Å². The third-order valence-corrected chi connectivity index (χ3v) is 6.16. The first-order valence-electron chi connectivity index (χ1n) is 11.7. The number of carboxylic acids is 2. The lowest BCUT2D eigenvalue weighted by Crippen LogP contribution is -2.69. The zero-order chi connectivity index (χ0) is 25.6. The normalized spacial score (nSPS) is 14.8. The van der Waals surface area contributed by atoms with E-state index in [1.165, 1.54) is 31.0 Å². The minimum atomic E-state index is -1.39. The lowest BCUT2D eigenvalue weighted by Gasteiger charge is -2.20. The van der Waals surface area contributed by atoms with Crippen molar-refractivity contribution in [3.05, 3.63) is 48.6 Å². The molecule has 0 bridgehead atoms. The number of hydrogen-bond acceptors (Lipinski definition) is 7. The van der Waals surface area contributed by atoms with Crippen LogP contribution in [0.4, 0.5) is 0 Å². The fourth-order valence-corrected chi connectivity index (χ4v) is 3.95. The van der Waals surface area contributed by atoms with Gasteiger partial charge in [0.05, 0.1) is 24.4 Å². The Morgan fingerprint density at radius 1 is 1.00 bits per heavy atom. The van der Waals surface area contributed by atoms with Crippen LogP contribution < -0.4 is 21.3 Å². The molecule has 0 aromatic heterocycles. The molecule has 0 aromatic carbocycles. The van der Waals surface area contributed by atoms with Crippen LogP contribution in [-0.2, 0) is 14.4 Å². The van der Waals surface area contributed by atoms with Gasteiger partial charge in [-0.2, -0.15) is 0 Å². The maximum absolute atomic E-state index is 11.9. The number of quaternary nitrogens is 1. The van der Waals surface area contributed by atoms with Gasteiger partial charge in [0.2, 0.25) is 0 Å². The molecular formula is C25H39N2O6S-. The van der Waals surface area contributed by atoms with E-state index in [0.29, 0.717) is 0 Å². The van der Waals surface area contributed by atoms with Gasteiger partial charge in [0, 0.05) is 11.2 Å². The molecule has 8 nitrogen and oxygen atoms in total. The summed E-state index contributed by atoms with van der Waals surface area (Å²) >= 11 is 1.29. The zero-order valence-electron chi connectivity index (χ0n) is 20.0. The van der Waals surface area contributed by atoms with Gasteiger partial charge < -0.3 is 36.0 Å². The van der Waals surface area contributed by atoms with Gasteiger partial charge in [-0.3, -0.25) is 4.79 Å². The van der Waals surface area contributed by atoms with Crippen LogP contribution in [0.15, 0.2) is 48.6 Å². The summed E-state index contributed by atoms with van der Waals surface area (Å²) in [4.78, 5) is 33.0. The fourth-order valence-electron chi connectivity index (χ4n) is 2.79. The van der Waals surface area contributed by atoms with Crippen LogP contribution in [0.5, 0.6) is 0 Å². The molecule has 192 valence electrons. The third-order valence-electron chi connectivity index (χ3n) is 4.71. The summed E-state index contributed by atoms with van der Waals surface area (Å²) < 4.78 is 0. The Labute approximate surface area is 207 Å². The van der Waals surface area contributed by atoms with Crippen molar-refractivity contribution >= 4 is 29.6 Å². The van der Waals surface area contributed by atoms with E-state index in [9.17, 15) is 29.7 Å². The Balaban J connectivity index is 4.70. The molecule has 0 heterocycles. The molecule has 0 saturated heterocycles. The summed E-state index contributed by atoms with van der Waals surface area (Å²) in [6.45, 7) is 1.60. The van der Waals surface area contributed by atoms with Crippen molar-refractivity contribution < 1.29 is 35.4 Å². The lowest BCUT2D eigenvalue weighted by molar-refractivity contribution is -0.396. The number of aliphatic carboxylic acids is 2. The topological polar surface area (TPSA) is 157 Å². The van der Waals surface area contributed by atoms with Crippen LogP contribution in [0.3, 0.4) is 0 Å². The highest BCUT2D eigenvalue weighted by Gasteiger charge is 2.22. The van der Waals surface area contributed by atoms with E-state index < -0.39 is 36.5 Å². The van der Waals surface area contributed by atoms with Crippen molar-refractivity contribution in [3.63, 3.8) is 0 Å². The molecule has 0 aliphatic carbocycles. The molecule has 0 rings (SSSR count). The standard InChI is InChI=1S/C25H40N2O6S/c1-2-3-4-5-6-7-8-9-10-11-12-13-16-22(21(28)15-14-17-23(29)30)34-19-20(26)25(33)27-18-24(31)32/h6-7,9-13,16,20-22,28H,2-5,8,14-15,17-19,26H2,1H3,(H,27,33)(H,29,30)(H,31,32)/p-1/b7-6-,10-9-,12-11+,16-13+/t20-,21-,22+/m0/s1. The van der Waals surface area contributed by atoms with Gasteiger partial charge in [0.25, 0.3) is 5.91 Å². The van der Waals surface area contributed by atoms with Crippen LogP contribution in [0.1, 0.15) is 58.3 Å². The van der Waals surface area contributed by atoms with Gasteiger partial charge in [0.15, 0.2) is 6.04 Å². The van der Waals surface area contributed by atoms with Gasteiger partial charge in [0.1, 0.15) is 0 Å². The monoisotopic (exact) mass is 495 g/mol. The van der Waals surface area contributed by atoms with Crippen LogP contribution >= 0.6 is 11.8 Å². The van der Waals surface area contributed by atoms with Crippen molar-refractivity contribution in [1.82, 2.24) is 5.32 Å². The molecule has 0 aromatic rings. The molecule has 9 heteroatoms. The smallest absolute Gasteiger partial charge is 0.279 e. The number of amides is 1. The van der Waals surface area contributed by atoms with Gasteiger partial charge in [-0.1, -0.05) is 68.4 Å². The Morgan fingerprint density at radius 2 is 1.74 bits per heavy atom. The molecule has 0 unspecified atom stereocenters. The van der Waals surface area contributed by atoms with Gasteiger partial charge in [-0.15, -0.1) is 11.8 Å². The van der Waals surface area contributed by atoms with E-state index in [2.05, 4.69) is 30.1 Å². The van der Waals surface area contributed by atoms with Crippen molar-refractivity contribution in [2.45, 2.75) is 75.7 Å². The van der Waals surface area contributed by atoms with E-state index in [4.69, 9.17) is 0 Å². The van der Waals surface area contributed by atoms with Crippen molar-refractivity contribution in [2.24, 2.45) is 0 Å². The molecule has 0 saturated carbocycles. The summed E-state index contributed by atoms with van der Waals surface area (Å²) in [5.74, 6) is -2.82. The average Bonchev–Trinajstić information content (AvgIpc) is 2.79. The van der Waals surface area contributed by atoms with Gasteiger partial charge in [-0.25, -0.2) is 0 Å². The number of hydrogen-bond donors (Lipinski definition) is 3. The Hall–Kier alpha value is -2.36. The molecule has 3 atom stereocenters. The quantitative estimate of drug-likeness (QED) is 0.122.